The van der Waals surface area contributed by atoms with Crippen LogP contribution in [0.15, 0.2) is 23.0 Å². The first-order valence-electron chi connectivity index (χ1n) is 7.25. The predicted octanol–water partition coefficient (Wildman–Crippen LogP) is 1.84. The van der Waals surface area contributed by atoms with E-state index in [9.17, 15) is 9.18 Å². The van der Waals surface area contributed by atoms with E-state index < -0.39 is 0 Å². The normalized spacial score (nSPS) is 14.0. The van der Waals surface area contributed by atoms with Gasteiger partial charge in [-0.05, 0) is 42.9 Å². The van der Waals surface area contributed by atoms with Crippen LogP contribution in [-0.4, -0.2) is 10.2 Å². The Kier molecular flexibility index (Phi) is 3.84. The number of nitrogens with one attached hydrogen (secondary N) is 1. The molecule has 110 valence electrons. The molecule has 0 amide bonds. The summed E-state index contributed by atoms with van der Waals surface area (Å²) in [5.74, 6) is -0.280. The minimum Gasteiger partial charge on any atom is -0.326 e. The quantitative estimate of drug-likeness (QED) is 0.904. The second-order valence-corrected chi connectivity index (χ2v) is 5.47. The summed E-state index contributed by atoms with van der Waals surface area (Å²) in [6, 6.07) is 4.96. The van der Waals surface area contributed by atoms with Crippen molar-refractivity contribution < 1.29 is 4.39 Å². The van der Waals surface area contributed by atoms with E-state index in [0.717, 1.165) is 48.1 Å². The van der Waals surface area contributed by atoms with Crippen molar-refractivity contribution in [2.75, 3.05) is 0 Å². The summed E-state index contributed by atoms with van der Waals surface area (Å²) >= 11 is 0. The molecule has 0 unspecified atom stereocenters. The second-order valence-electron chi connectivity index (χ2n) is 5.47. The van der Waals surface area contributed by atoms with Gasteiger partial charge in [0.25, 0.3) is 5.56 Å². The van der Waals surface area contributed by atoms with Gasteiger partial charge in [0.15, 0.2) is 0 Å². The zero-order valence-electron chi connectivity index (χ0n) is 11.8. The fraction of sp³-hybridized carbons (Fsp3) is 0.375. The second kappa shape index (κ2) is 5.77. The topological polar surface area (TPSA) is 71.8 Å². The molecule has 1 aromatic carbocycles. The number of nitrogens with zero attached hydrogens (tertiary/aromatic N) is 1. The van der Waals surface area contributed by atoms with E-state index in [1.165, 1.54) is 6.07 Å². The third kappa shape index (κ3) is 2.74. The molecule has 0 radical (unpaired) electrons. The Morgan fingerprint density at radius 1 is 1.24 bits per heavy atom. The molecule has 0 aliphatic heterocycles. The van der Waals surface area contributed by atoms with Crippen molar-refractivity contribution in [3.63, 3.8) is 0 Å². The van der Waals surface area contributed by atoms with Gasteiger partial charge in [0, 0.05) is 24.1 Å². The number of aromatic amines is 1. The molecular weight excluding hydrogens is 269 g/mol. The van der Waals surface area contributed by atoms with Gasteiger partial charge in [-0.1, -0.05) is 12.1 Å². The van der Waals surface area contributed by atoms with E-state index in [1.807, 2.05) is 0 Å². The third-order valence-corrected chi connectivity index (χ3v) is 4.08. The minimum atomic E-state index is -0.280. The molecule has 1 aliphatic carbocycles. The van der Waals surface area contributed by atoms with Gasteiger partial charge >= 0.3 is 0 Å². The van der Waals surface area contributed by atoms with Crippen LogP contribution in [-0.2, 0) is 25.8 Å². The number of hydrogen-bond donors (Lipinski definition) is 2. The molecule has 1 heterocycles. The first-order chi connectivity index (χ1) is 10.2. The lowest BCUT2D eigenvalue weighted by Crippen LogP contribution is -2.23. The number of halogens is 1. The first kappa shape index (κ1) is 13.9. The van der Waals surface area contributed by atoms with Crippen LogP contribution in [0.4, 0.5) is 4.39 Å². The summed E-state index contributed by atoms with van der Waals surface area (Å²) in [4.78, 5) is 11.8. The average Bonchev–Trinajstić information content (AvgIpc) is 2.52. The van der Waals surface area contributed by atoms with E-state index in [-0.39, 0.29) is 17.9 Å². The van der Waals surface area contributed by atoms with E-state index in [1.54, 1.807) is 12.1 Å². The summed E-state index contributed by atoms with van der Waals surface area (Å²) in [5.41, 5.74) is 9.76. The summed E-state index contributed by atoms with van der Waals surface area (Å²) < 4.78 is 13.5. The molecule has 0 saturated heterocycles. The largest absolute Gasteiger partial charge is 0.326 e. The number of fused-ring (bicyclic) bond motifs is 1. The summed E-state index contributed by atoms with van der Waals surface area (Å²) in [6.07, 6.45) is 4.44. The Balaban J connectivity index is 1.97. The molecule has 0 bridgehead atoms. The van der Waals surface area contributed by atoms with Crippen molar-refractivity contribution in [3.05, 3.63) is 62.3 Å². The molecule has 0 fully saturated rings. The highest BCUT2D eigenvalue weighted by molar-refractivity contribution is 5.35. The number of hydrogen-bond acceptors (Lipinski definition) is 3. The van der Waals surface area contributed by atoms with Gasteiger partial charge in [0.1, 0.15) is 5.82 Å². The maximum absolute atomic E-state index is 13.5. The van der Waals surface area contributed by atoms with Crippen LogP contribution in [0, 0.1) is 5.82 Å². The third-order valence-electron chi connectivity index (χ3n) is 4.08. The molecule has 1 aromatic heterocycles. The van der Waals surface area contributed by atoms with Crippen molar-refractivity contribution in [2.45, 2.75) is 38.6 Å². The van der Waals surface area contributed by atoms with Gasteiger partial charge < -0.3 is 5.73 Å². The molecule has 0 saturated carbocycles. The number of nitrogens with two attached hydrogens (primary N) is 1. The lowest BCUT2D eigenvalue weighted by Gasteiger charge is -2.17. The fourth-order valence-corrected chi connectivity index (χ4v) is 2.96. The standard InChI is InChI=1S/C16H18FN3O/c17-14-6-5-10(7-11(14)9-18)8-15-12-3-1-2-4-13(12)16(21)20-19-15/h5-7H,1-4,8-9,18H2,(H,20,21). The fourth-order valence-electron chi connectivity index (χ4n) is 2.96. The van der Waals surface area contributed by atoms with Crippen molar-refractivity contribution in [1.82, 2.24) is 10.2 Å². The molecule has 0 spiro atoms. The van der Waals surface area contributed by atoms with Gasteiger partial charge in [-0.2, -0.15) is 5.10 Å². The van der Waals surface area contributed by atoms with Crippen LogP contribution in [0.5, 0.6) is 0 Å². The molecule has 21 heavy (non-hydrogen) atoms. The Morgan fingerprint density at radius 2 is 2.00 bits per heavy atom. The monoisotopic (exact) mass is 287 g/mol. The number of rotatable bonds is 3. The molecule has 3 rings (SSSR count). The Bertz CT molecular complexity index is 724. The Morgan fingerprint density at radius 3 is 2.76 bits per heavy atom. The van der Waals surface area contributed by atoms with Crippen molar-refractivity contribution in [2.24, 2.45) is 5.73 Å². The van der Waals surface area contributed by atoms with Gasteiger partial charge in [0.2, 0.25) is 0 Å². The van der Waals surface area contributed by atoms with Crippen molar-refractivity contribution in [1.29, 1.82) is 0 Å². The van der Waals surface area contributed by atoms with E-state index >= 15 is 0 Å². The van der Waals surface area contributed by atoms with Crippen LogP contribution in [0.25, 0.3) is 0 Å². The number of benzene rings is 1. The lowest BCUT2D eigenvalue weighted by molar-refractivity contribution is 0.609. The summed E-state index contributed by atoms with van der Waals surface area (Å²) in [6.45, 7) is 0.177. The smallest absolute Gasteiger partial charge is 0.267 e. The molecule has 4 nitrogen and oxygen atoms in total. The molecular formula is C16H18FN3O. The summed E-state index contributed by atoms with van der Waals surface area (Å²) in [7, 11) is 0. The maximum atomic E-state index is 13.5. The van der Waals surface area contributed by atoms with Crippen LogP contribution >= 0.6 is 0 Å². The van der Waals surface area contributed by atoms with E-state index in [2.05, 4.69) is 10.2 Å². The van der Waals surface area contributed by atoms with Crippen LogP contribution in [0.3, 0.4) is 0 Å². The highest BCUT2D eigenvalue weighted by Crippen LogP contribution is 2.22. The van der Waals surface area contributed by atoms with E-state index in [0.29, 0.717) is 12.0 Å². The van der Waals surface area contributed by atoms with E-state index in [4.69, 9.17) is 5.73 Å². The molecule has 3 N–H and O–H groups in total. The lowest BCUT2D eigenvalue weighted by atomic mass is 9.90. The SMILES string of the molecule is NCc1cc(Cc2n[nH]c(=O)c3c2CCCC3)ccc1F. The number of H-pyrrole nitrogens is 1. The maximum Gasteiger partial charge on any atom is 0.267 e. The molecule has 0 atom stereocenters. The van der Waals surface area contributed by atoms with Gasteiger partial charge in [-0.3, -0.25) is 4.79 Å². The molecule has 5 heteroatoms. The zero-order chi connectivity index (χ0) is 14.8. The average molecular weight is 287 g/mol. The van der Waals surface area contributed by atoms with Crippen molar-refractivity contribution in [3.8, 4) is 0 Å². The first-order valence-corrected chi connectivity index (χ1v) is 7.25. The highest BCUT2D eigenvalue weighted by atomic mass is 19.1. The Hall–Kier alpha value is -2.01. The predicted molar refractivity (Wildman–Crippen MR) is 78.6 cm³/mol. The van der Waals surface area contributed by atoms with Gasteiger partial charge in [-0.15, -0.1) is 0 Å². The zero-order valence-corrected chi connectivity index (χ0v) is 11.8. The number of aromatic nitrogens is 2. The minimum absolute atomic E-state index is 0.0739. The van der Waals surface area contributed by atoms with Gasteiger partial charge in [0.05, 0.1) is 5.69 Å². The summed E-state index contributed by atoms with van der Waals surface area (Å²) in [5, 5.41) is 6.79. The van der Waals surface area contributed by atoms with Crippen LogP contribution < -0.4 is 11.3 Å². The Labute approximate surface area is 122 Å². The van der Waals surface area contributed by atoms with Gasteiger partial charge in [-0.25, -0.2) is 9.49 Å². The van der Waals surface area contributed by atoms with Crippen molar-refractivity contribution >= 4 is 0 Å². The molecule has 2 aromatic rings. The van der Waals surface area contributed by atoms with Crippen LogP contribution in [0.1, 0.15) is 40.8 Å². The van der Waals surface area contributed by atoms with Crippen LogP contribution in [0.2, 0.25) is 0 Å². The highest BCUT2D eigenvalue weighted by Gasteiger charge is 2.18. The molecule has 1 aliphatic rings.